The van der Waals surface area contributed by atoms with Crippen LogP contribution in [0.2, 0.25) is 5.02 Å². The lowest BCUT2D eigenvalue weighted by molar-refractivity contribution is -0.116. The molecule has 6 nitrogen and oxygen atoms in total. The first-order chi connectivity index (χ1) is 13.5. The molecule has 4 rings (SSSR count). The van der Waals surface area contributed by atoms with Crippen LogP contribution in [-0.2, 0) is 11.3 Å². The van der Waals surface area contributed by atoms with E-state index in [1.807, 2.05) is 31.2 Å². The van der Waals surface area contributed by atoms with Crippen LogP contribution in [0.4, 0.5) is 5.13 Å². The highest BCUT2D eigenvalue weighted by Crippen LogP contribution is 2.28. The van der Waals surface area contributed by atoms with Crippen molar-refractivity contribution < 1.29 is 4.79 Å². The van der Waals surface area contributed by atoms with Crippen molar-refractivity contribution in [2.45, 2.75) is 26.3 Å². The fourth-order valence-corrected chi connectivity index (χ4v) is 4.20. The molecule has 1 amide bonds. The summed E-state index contributed by atoms with van der Waals surface area (Å²) in [4.78, 5) is 33.6. The van der Waals surface area contributed by atoms with Gasteiger partial charge in [0, 0.05) is 18.0 Å². The van der Waals surface area contributed by atoms with Gasteiger partial charge in [0.2, 0.25) is 5.91 Å². The summed E-state index contributed by atoms with van der Waals surface area (Å²) >= 11 is 7.36. The highest BCUT2D eigenvalue weighted by atomic mass is 35.5. The van der Waals surface area contributed by atoms with Gasteiger partial charge >= 0.3 is 0 Å². The largest absolute Gasteiger partial charge is 0.302 e. The average molecular weight is 413 g/mol. The first-order valence-electron chi connectivity index (χ1n) is 8.82. The molecule has 0 saturated carbocycles. The molecule has 0 fully saturated rings. The molecule has 1 N–H and O–H groups in total. The SMILES string of the molecule is Cc1cccc2c(=O)n(CCCC(=O)Nc3nc4ccc(Cl)cc4s3)cnc12. The van der Waals surface area contributed by atoms with E-state index in [4.69, 9.17) is 11.6 Å². The summed E-state index contributed by atoms with van der Waals surface area (Å²) in [6, 6.07) is 11.0. The highest BCUT2D eigenvalue weighted by Gasteiger charge is 2.10. The van der Waals surface area contributed by atoms with E-state index >= 15 is 0 Å². The molecule has 0 aliphatic carbocycles. The van der Waals surface area contributed by atoms with Gasteiger partial charge in [0.05, 0.1) is 27.4 Å². The van der Waals surface area contributed by atoms with Gasteiger partial charge in [0.1, 0.15) is 0 Å². The van der Waals surface area contributed by atoms with Crippen LogP contribution in [0.15, 0.2) is 47.5 Å². The van der Waals surface area contributed by atoms with Crippen molar-refractivity contribution in [1.82, 2.24) is 14.5 Å². The predicted molar refractivity (Wildman–Crippen MR) is 113 cm³/mol. The zero-order chi connectivity index (χ0) is 19.7. The number of nitrogens with zero attached hydrogens (tertiary/aromatic N) is 3. The molecular formula is C20H17ClN4O2S. The first kappa shape index (κ1) is 18.6. The van der Waals surface area contributed by atoms with Crippen molar-refractivity contribution in [2.24, 2.45) is 0 Å². The van der Waals surface area contributed by atoms with E-state index in [0.717, 1.165) is 21.3 Å². The predicted octanol–water partition coefficient (Wildman–Crippen LogP) is 4.39. The Morgan fingerprint density at radius 1 is 1.29 bits per heavy atom. The summed E-state index contributed by atoms with van der Waals surface area (Å²) in [6.45, 7) is 2.36. The molecule has 0 spiro atoms. The van der Waals surface area contributed by atoms with Gasteiger partial charge in [-0.15, -0.1) is 0 Å². The number of hydrogen-bond donors (Lipinski definition) is 1. The van der Waals surface area contributed by atoms with Crippen LogP contribution in [0.5, 0.6) is 0 Å². The molecule has 0 aliphatic rings. The number of carbonyl (C=O) groups is 1. The molecule has 4 aromatic rings. The molecule has 2 aromatic carbocycles. The smallest absolute Gasteiger partial charge is 0.261 e. The second kappa shape index (κ2) is 7.69. The molecule has 0 saturated heterocycles. The summed E-state index contributed by atoms with van der Waals surface area (Å²) in [7, 11) is 0. The molecule has 0 bridgehead atoms. The lowest BCUT2D eigenvalue weighted by Gasteiger charge is -2.07. The number of halogens is 1. The van der Waals surface area contributed by atoms with E-state index in [9.17, 15) is 9.59 Å². The van der Waals surface area contributed by atoms with Crippen LogP contribution in [0.1, 0.15) is 18.4 Å². The molecule has 0 aliphatic heterocycles. The molecule has 2 heterocycles. The van der Waals surface area contributed by atoms with Crippen LogP contribution < -0.4 is 10.9 Å². The topological polar surface area (TPSA) is 76.9 Å². The van der Waals surface area contributed by atoms with Crippen LogP contribution in [0.3, 0.4) is 0 Å². The van der Waals surface area contributed by atoms with Crippen molar-refractivity contribution in [3.05, 3.63) is 63.7 Å². The maximum Gasteiger partial charge on any atom is 0.261 e. The number of hydrogen-bond acceptors (Lipinski definition) is 5. The van der Waals surface area contributed by atoms with Crippen LogP contribution in [0.25, 0.3) is 21.1 Å². The maximum absolute atomic E-state index is 12.6. The number of anilines is 1. The normalized spacial score (nSPS) is 11.2. The van der Waals surface area contributed by atoms with Gasteiger partial charge in [-0.05, 0) is 43.2 Å². The Hall–Kier alpha value is -2.77. The van der Waals surface area contributed by atoms with Crippen molar-refractivity contribution in [3.8, 4) is 0 Å². The van der Waals surface area contributed by atoms with E-state index in [1.165, 1.54) is 11.3 Å². The fourth-order valence-electron chi connectivity index (χ4n) is 3.04. The average Bonchev–Trinajstić information content (AvgIpc) is 3.05. The van der Waals surface area contributed by atoms with Crippen LogP contribution >= 0.6 is 22.9 Å². The Bertz CT molecular complexity index is 1250. The second-order valence-corrected chi connectivity index (χ2v) is 7.96. The van der Waals surface area contributed by atoms with E-state index < -0.39 is 0 Å². The fraction of sp³-hybridized carbons (Fsp3) is 0.200. The number of rotatable bonds is 5. The Morgan fingerprint density at radius 2 is 2.14 bits per heavy atom. The Balaban J connectivity index is 1.39. The minimum absolute atomic E-state index is 0.0860. The van der Waals surface area contributed by atoms with Crippen LogP contribution in [0, 0.1) is 6.92 Å². The number of aryl methyl sites for hydroxylation is 2. The standard InChI is InChI=1S/C20H17ClN4O2S/c1-12-4-2-5-14-18(12)22-11-25(19(14)27)9-3-6-17(26)24-20-23-15-8-7-13(21)10-16(15)28-20/h2,4-5,7-8,10-11H,3,6,9H2,1H3,(H,23,24,26). The van der Waals surface area contributed by atoms with Gasteiger partial charge in [-0.2, -0.15) is 0 Å². The molecule has 142 valence electrons. The Morgan fingerprint density at radius 3 is 3.00 bits per heavy atom. The summed E-state index contributed by atoms with van der Waals surface area (Å²) < 4.78 is 2.47. The molecule has 0 atom stereocenters. The molecular weight excluding hydrogens is 396 g/mol. The number of thiazole rings is 1. The summed E-state index contributed by atoms with van der Waals surface area (Å²) in [5, 5.41) is 4.59. The van der Waals surface area contributed by atoms with Crippen molar-refractivity contribution in [2.75, 3.05) is 5.32 Å². The Labute approximate surface area is 169 Å². The summed E-state index contributed by atoms with van der Waals surface area (Å²) in [5.74, 6) is -0.136. The van der Waals surface area contributed by atoms with Gasteiger partial charge in [-0.3, -0.25) is 14.2 Å². The summed E-state index contributed by atoms with van der Waals surface area (Å²) in [6.07, 6.45) is 2.36. The number of nitrogens with one attached hydrogen (secondary N) is 1. The zero-order valence-electron chi connectivity index (χ0n) is 15.1. The number of para-hydroxylation sites is 1. The molecule has 2 aromatic heterocycles. The highest BCUT2D eigenvalue weighted by molar-refractivity contribution is 7.22. The van der Waals surface area contributed by atoms with Gasteiger partial charge in [0.15, 0.2) is 5.13 Å². The minimum atomic E-state index is -0.136. The molecule has 0 radical (unpaired) electrons. The summed E-state index contributed by atoms with van der Waals surface area (Å²) in [5.41, 5.74) is 2.40. The van der Waals surface area contributed by atoms with E-state index in [2.05, 4.69) is 15.3 Å². The van der Waals surface area contributed by atoms with Gasteiger partial charge in [-0.25, -0.2) is 9.97 Å². The zero-order valence-corrected chi connectivity index (χ0v) is 16.7. The molecule has 28 heavy (non-hydrogen) atoms. The molecule has 8 heteroatoms. The van der Waals surface area contributed by atoms with Gasteiger partial charge < -0.3 is 5.32 Å². The lowest BCUT2D eigenvalue weighted by atomic mass is 10.1. The van der Waals surface area contributed by atoms with Crippen LogP contribution in [-0.4, -0.2) is 20.4 Å². The van der Waals surface area contributed by atoms with Gasteiger partial charge in [-0.1, -0.05) is 35.1 Å². The third kappa shape index (κ3) is 3.76. The molecule has 0 unspecified atom stereocenters. The minimum Gasteiger partial charge on any atom is -0.302 e. The number of benzene rings is 2. The maximum atomic E-state index is 12.6. The second-order valence-electron chi connectivity index (χ2n) is 6.50. The van der Waals surface area contributed by atoms with E-state index in [-0.39, 0.29) is 17.9 Å². The monoisotopic (exact) mass is 412 g/mol. The first-order valence-corrected chi connectivity index (χ1v) is 10.0. The number of amides is 1. The van der Waals surface area contributed by atoms with Crippen molar-refractivity contribution in [3.63, 3.8) is 0 Å². The van der Waals surface area contributed by atoms with E-state index in [0.29, 0.717) is 28.5 Å². The van der Waals surface area contributed by atoms with Gasteiger partial charge in [0.25, 0.3) is 5.56 Å². The number of fused-ring (bicyclic) bond motifs is 2. The lowest BCUT2D eigenvalue weighted by Crippen LogP contribution is -2.22. The van der Waals surface area contributed by atoms with Crippen molar-refractivity contribution >= 4 is 55.1 Å². The third-order valence-corrected chi connectivity index (χ3v) is 5.62. The van der Waals surface area contributed by atoms with E-state index in [1.54, 1.807) is 23.0 Å². The Kier molecular flexibility index (Phi) is 5.11. The van der Waals surface area contributed by atoms with Crippen molar-refractivity contribution in [1.29, 1.82) is 0 Å². The number of aromatic nitrogens is 3. The number of carbonyl (C=O) groups excluding carboxylic acids is 1. The quantitative estimate of drug-likeness (QED) is 0.527. The third-order valence-electron chi connectivity index (χ3n) is 4.45.